The van der Waals surface area contributed by atoms with Gasteiger partial charge < -0.3 is 4.74 Å². The number of alkyl halides is 2. The molecule has 10 heteroatoms. The Bertz CT molecular complexity index is 865. The van der Waals surface area contributed by atoms with Crippen LogP contribution < -0.4 is 4.74 Å². The average Bonchev–Trinajstić information content (AvgIpc) is 3.00. The zero-order valence-corrected chi connectivity index (χ0v) is 13.9. The second-order valence-electron chi connectivity index (χ2n) is 4.22. The van der Waals surface area contributed by atoms with Gasteiger partial charge in [0, 0.05) is 12.6 Å². The predicted octanol–water partition coefficient (Wildman–Crippen LogP) is 5.26. The molecule has 0 atom stereocenters. The van der Waals surface area contributed by atoms with Crippen molar-refractivity contribution in [3.63, 3.8) is 0 Å². The molecule has 0 amide bonds. The monoisotopic (exact) mass is 383 g/mol. The highest BCUT2D eigenvalue weighted by atomic mass is 35.5. The van der Waals surface area contributed by atoms with Crippen molar-refractivity contribution in [2.24, 2.45) is 7.05 Å². The Balaban J connectivity index is 2.27. The maximum Gasteiger partial charge on any atom is 0.388 e. The highest BCUT2D eigenvalue weighted by Gasteiger charge is 2.24. The molecule has 0 bridgehead atoms. The third-order valence-corrected chi connectivity index (χ3v) is 4.66. The van der Waals surface area contributed by atoms with Gasteiger partial charge in [-0.05, 0) is 6.07 Å². The molecule has 3 aromatic rings. The Kier molecular flexibility index (Phi) is 4.15. The molecule has 0 unspecified atom stereocenters. The van der Waals surface area contributed by atoms with Crippen LogP contribution in [0.4, 0.5) is 8.78 Å². The number of benzene rings is 1. The summed E-state index contributed by atoms with van der Waals surface area (Å²) >= 11 is 19.8. The molecule has 116 valence electrons. The number of aromatic nitrogens is 3. The van der Waals surface area contributed by atoms with Crippen molar-refractivity contribution < 1.29 is 13.5 Å². The molecular formula is C12H6Cl3F2N3OS. The number of hydrogen-bond acceptors (Lipinski definition) is 4. The minimum absolute atomic E-state index is 0.0540. The maximum absolute atomic E-state index is 12.5. The van der Waals surface area contributed by atoms with E-state index < -0.39 is 6.61 Å². The molecule has 0 radical (unpaired) electrons. The molecule has 0 saturated carbocycles. The molecule has 22 heavy (non-hydrogen) atoms. The Hall–Kier alpha value is -1.15. The standard InChI is InChI=1S/C12H6Cl3F2N3OS/c1-20-11(21-12(16)17)7(15)9(19-20)6-4(13)2-5(14)8-10(6)22-3-18-8/h2-3,12H,1H3. The minimum atomic E-state index is -3.01. The molecular weight excluding hydrogens is 379 g/mol. The van der Waals surface area contributed by atoms with Gasteiger partial charge in [-0.15, -0.1) is 11.3 Å². The first-order chi connectivity index (χ1) is 10.4. The second-order valence-corrected chi connectivity index (χ2v) is 6.26. The van der Waals surface area contributed by atoms with E-state index >= 15 is 0 Å². The third-order valence-electron chi connectivity index (χ3n) is 2.89. The lowest BCUT2D eigenvalue weighted by molar-refractivity contribution is -0.0552. The summed E-state index contributed by atoms with van der Waals surface area (Å²) in [5, 5.41) is 4.76. The molecule has 0 fully saturated rings. The van der Waals surface area contributed by atoms with Gasteiger partial charge in [0.25, 0.3) is 0 Å². The molecule has 0 spiro atoms. The SMILES string of the molecule is Cn1nc(-c2c(Cl)cc(Cl)c3ncsc23)c(Cl)c1OC(F)F. The van der Waals surface area contributed by atoms with E-state index in [0.29, 0.717) is 25.8 Å². The second kappa shape index (κ2) is 5.81. The van der Waals surface area contributed by atoms with E-state index in [1.807, 2.05) is 0 Å². The van der Waals surface area contributed by atoms with Crippen LogP contribution in [-0.4, -0.2) is 21.4 Å². The zero-order valence-electron chi connectivity index (χ0n) is 10.8. The summed E-state index contributed by atoms with van der Waals surface area (Å²) in [5.74, 6) is -0.240. The Morgan fingerprint density at radius 2 is 2.00 bits per heavy atom. The van der Waals surface area contributed by atoms with Crippen LogP contribution in [0, 0.1) is 0 Å². The van der Waals surface area contributed by atoms with Crippen LogP contribution in [-0.2, 0) is 7.05 Å². The fourth-order valence-electron chi connectivity index (χ4n) is 2.03. The number of rotatable bonds is 3. The summed E-state index contributed by atoms with van der Waals surface area (Å²) in [6, 6.07) is 1.51. The average molecular weight is 385 g/mol. The summed E-state index contributed by atoms with van der Waals surface area (Å²) in [4.78, 5) is 4.15. The Labute approximate surface area is 142 Å². The fraction of sp³-hybridized carbons (Fsp3) is 0.167. The number of fused-ring (bicyclic) bond motifs is 1. The van der Waals surface area contributed by atoms with E-state index in [0.717, 1.165) is 4.68 Å². The van der Waals surface area contributed by atoms with Crippen LogP contribution in [0.1, 0.15) is 0 Å². The summed E-state index contributed by atoms with van der Waals surface area (Å²) in [5.41, 5.74) is 2.86. The summed E-state index contributed by atoms with van der Waals surface area (Å²) in [7, 11) is 1.45. The smallest absolute Gasteiger partial charge is 0.388 e. The van der Waals surface area contributed by atoms with Gasteiger partial charge in [-0.2, -0.15) is 13.9 Å². The summed E-state index contributed by atoms with van der Waals surface area (Å²) < 4.78 is 31.1. The summed E-state index contributed by atoms with van der Waals surface area (Å²) in [6.45, 7) is -3.01. The highest BCUT2D eigenvalue weighted by molar-refractivity contribution is 7.17. The van der Waals surface area contributed by atoms with E-state index in [4.69, 9.17) is 34.8 Å². The molecule has 2 aromatic heterocycles. The van der Waals surface area contributed by atoms with Gasteiger partial charge in [0.05, 0.1) is 20.3 Å². The lowest BCUT2D eigenvalue weighted by atomic mass is 10.1. The molecule has 4 nitrogen and oxygen atoms in total. The van der Waals surface area contributed by atoms with Gasteiger partial charge >= 0.3 is 6.61 Å². The number of ether oxygens (including phenoxy) is 1. The third kappa shape index (κ3) is 2.52. The highest BCUT2D eigenvalue weighted by Crippen LogP contribution is 2.44. The van der Waals surface area contributed by atoms with E-state index in [1.54, 1.807) is 5.51 Å². The van der Waals surface area contributed by atoms with Crippen LogP contribution in [0.25, 0.3) is 21.5 Å². The van der Waals surface area contributed by atoms with Crippen molar-refractivity contribution in [1.82, 2.24) is 14.8 Å². The van der Waals surface area contributed by atoms with E-state index in [2.05, 4.69) is 14.8 Å². The first-order valence-electron chi connectivity index (χ1n) is 5.79. The van der Waals surface area contributed by atoms with Gasteiger partial charge in [-0.1, -0.05) is 34.8 Å². The molecule has 3 rings (SSSR count). The minimum Gasteiger partial charge on any atom is -0.416 e. The molecule has 0 aliphatic heterocycles. The Morgan fingerprint density at radius 3 is 2.68 bits per heavy atom. The largest absolute Gasteiger partial charge is 0.416 e. The molecule has 1 aromatic carbocycles. The topological polar surface area (TPSA) is 39.9 Å². The van der Waals surface area contributed by atoms with Crippen molar-refractivity contribution in [2.45, 2.75) is 6.61 Å². The van der Waals surface area contributed by atoms with Crippen molar-refractivity contribution in [1.29, 1.82) is 0 Å². The lowest BCUT2D eigenvalue weighted by Crippen LogP contribution is -2.06. The van der Waals surface area contributed by atoms with Crippen LogP contribution in [0.2, 0.25) is 15.1 Å². The summed E-state index contributed by atoms with van der Waals surface area (Å²) in [6.07, 6.45) is 0. The van der Waals surface area contributed by atoms with E-state index in [1.165, 1.54) is 24.5 Å². The van der Waals surface area contributed by atoms with E-state index in [-0.39, 0.29) is 16.6 Å². The lowest BCUT2D eigenvalue weighted by Gasteiger charge is -2.05. The number of aryl methyl sites for hydroxylation is 1. The van der Waals surface area contributed by atoms with Crippen LogP contribution in [0.5, 0.6) is 5.88 Å². The van der Waals surface area contributed by atoms with Crippen LogP contribution >= 0.6 is 46.1 Å². The van der Waals surface area contributed by atoms with Gasteiger partial charge in [0.15, 0.2) is 0 Å². The zero-order chi connectivity index (χ0) is 16.0. The normalized spacial score (nSPS) is 11.6. The molecule has 2 heterocycles. The molecule has 0 saturated heterocycles. The molecule has 0 aliphatic rings. The van der Waals surface area contributed by atoms with Crippen LogP contribution in [0.15, 0.2) is 11.6 Å². The van der Waals surface area contributed by atoms with Crippen molar-refractivity contribution >= 4 is 56.4 Å². The number of halogens is 5. The number of hydrogen-bond donors (Lipinski definition) is 0. The van der Waals surface area contributed by atoms with Crippen molar-refractivity contribution in [3.8, 4) is 17.1 Å². The van der Waals surface area contributed by atoms with Gasteiger partial charge in [0.1, 0.15) is 16.2 Å². The van der Waals surface area contributed by atoms with Gasteiger partial charge in [-0.25, -0.2) is 9.67 Å². The van der Waals surface area contributed by atoms with Gasteiger partial charge in [-0.3, -0.25) is 0 Å². The first kappa shape index (κ1) is 15.7. The van der Waals surface area contributed by atoms with Crippen molar-refractivity contribution in [2.75, 3.05) is 0 Å². The molecule has 0 N–H and O–H groups in total. The van der Waals surface area contributed by atoms with Crippen LogP contribution in [0.3, 0.4) is 0 Å². The number of thiazole rings is 1. The maximum atomic E-state index is 12.5. The fourth-order valence-corrected chi connectivity index (χ4v) is 3.90. The first-order valence-corrected chi connectivity index (χ1v) is 7.80. The molecule has 0 aliphatic carbocycles. The Morgan fingerprint density at radius 1 is 1.27 bits per heavy atom. The van der Waals surface area contributed by atoms with E-state index in [9.17, 15) is 8.78 Å². The van der Waals surface area contributed by atoms with Crippen molar-refractivity contribution in [3.05, 3.63) is 26.6 Å². The van der Waals surface area contributed by atoms with Gasteiger partial charge in [0.2, 0.25) is 5.88 Å². The number of nitrogens with zero attached hydrogens (tertiary/aromatic N) is 3. The quantitative estimate of drug-likeness (QED) is 0.618. The predicted molar refractivity (Wildman–Crippen MR) is 83.5 cm³/mol.